The molecule has 0 radical (unpaired) electrons. The molecule has 0 aliphatic carbocycles. The Bertz CT molecular complexity index is 825. The van der Waals surface area contributed by atoms with Crippen molar-refractivity contribution in [3.63, 3.8) is 0 Å². The van der Waals surface area contributed by atoms with Gasteiger partial charge in [0.25, 0.3) is 0 Å². The molecule has 0 spiro atoms. The fourth-order valence-corrected chi connectivity index (χ4v) is 2.13. The fourth-order valence-electron chi connectivity index (χ4n) is 2.01. The predicted octanol–water partition coefficient (Wildman–Crippen LogP) is 4.40. The fraction of sp³-hybridized carbons (Fsp3) is 0. The van der Waals surface area contributed by atoms with Crippen LogP contribution >= 0.6 is 11.6 Å². The maximum Gasteiger partial charge on any atom is 0.437 e. The van der Waals surface area contributed by atoms with E-state index >= 15 is 0 Å². The number of carbonyl (C=O) groups is 1. The molecule has 0 unspecified atom stereocenters. The predicted molar refractivity (Wildman–Crippen MR) is 87.4 cm³/mol. The molecule has 0 bridgehead atoms. The van der Waals surface area contributed by atoms with Gasteiger partial charge in [-0.25, -0.2) is 4.79 Å². The molecule has 2 N–H and O–H groups in total. The molecule has 1 heterocycles. The number of nitrogens with one attached hydrogen (secondary N) is 2. The summed E-state index contributed by atoms with van der Waals surface area (Å²) in [5, 5.41) is 7.84. The number of halogens is 1. The third kappa shape index (κ3) is 3.27. The number of hydrogen-bond donors (Lipinski definition) is 2. The minimum atomic E-state index is -0.668. The number of fused-ring (bicyclic) bond motifs is 1. The van der Waals surface area contributed by atoms with E-state index in [1.54, 1.807) is 30.5 Å². The largest absolute Gasteiger partial charge is 0.437 e. The van der Waals surface area contributed by atoms with E-state index in [1.165, 1.54) is 6.21 Å². The minimum absolute atomic E-state index is 0.580. The second-order valence-electron chi connectivity index (χ2n) is 4.53. The van der Waals surface area contributed by atoms with Crippen molar-refractivity contribution in [3.8, 4) is 0 Å². The summed E-state index contributed by atoms with van der Waals surface area (Å²) in [6.07, 6.45) is 2.62. The Morgan fingerprint density at radius 3 is 2.77 bits per heavy atom. The Labute approximate surface area is 131 Å². The molecule has 0 saturated heterocycles. The number of para-hydroxylation sites is 1. The van der Waals surface area contributed by atoms with Crippen LogP contribution in [0.25, 0.3) is 10.9 Å². The van der Waals surface area contributed by atoms with E-state index in [0.29, 0.717) is 10.7 Å². The first-order chi connectivity index (χ1) is 10.7. The van der Waals surface area contributed by atoms with Gasteiger partial charge < -0.3 is 4.98 Å². The van der Waals surface area contributed by atoms with E-state index in [1.807, 2.05) is 24.3 Å². The Hall–Kier alpha value is -2.79. The highest BCUT2D eigenvalue weighted by atomic mass is 35.5. The highest BCUT2D eigenvalue weighted by Gasteiger charge is 2.03. The molecule has 22 heavy (non-hydrogen) atoms. The summed E-state index contributed by atoms with van der Waals surface area (Å²) in [7, 11) is 0. The van der Waals surface area contributed by atoms with Crippen LogP contribution in [-0.2, 0) is 4.84 Å². The molecular formula is C16H12ClN3O2. The van der Waals surface area contributed by atoms with E-state index in [0.717, 1.165) is 16.5 Å². The first-order valence-electron chi connectivity index (χ1n) is 6.55. The number of benzene rings is 2. The molecule has 1 aromatic heterocycles. The Morgan fingerprint density at radius 2 is 1.95 bits per heavy atom. The summed E-state index contributed by atoms with van der Waals surface area (Å²) >= 11 is 5.77. The number of anilines is 1. The van der Waals surface area contributed by atoms with Crippen molar-refractivity contribution in [2.24, 2.45) is 5.16 Å². The van der Waals surface area contributed by atoms with E-state index < -0.39 is 6.09 Å². The van der Waals surface area contributed by atoms with Crippen LogP contribution in [0.2, 0.25) is 5.02 Å². The zero-order valence-electron chi connectivity index (χ0n) is 11.4. The standard InChI is InChI=1S/C16H12ClN3O2/c17-12-5-7-13(8-6-12)20-16(21)22-19-10-11-9-18-15-4-2-1-3-14(11)15/h1-10,18H,(H,20,21). The maximum absolute atomic E-state index is 11.6. The molecule has 110 valence electrons. The van der Waals surface area contributed by atoms with Crippen LogP contribution < -0.4 is 5.32 Å². The number of oxime groups is 1. The summed E-state index contributed by atoms with van der Waals surface area (Å²) < 4.78 is 0. The van der Waals surface area contributed by atoms with Crippen LogP contribution in [0.15, 0.2) is 59.9 Å². The summed E-state index contributed by atoms with van der Waals surface area (Å²) in [4.78, 5) is 19.5. The Balaban J connectivity index is 1.62. The van der Waals surface area contributed by atoms with Gasteiger partial charge in [-0.2, -0.15) is 0 Å². The number of rotatable bonds is 3. The lowest BCUT2D eigenvalue weighted by molar-refractivity contribution is 0.167. The van der Waals surface area contributed by atoms with Crippen LogP contribution in [0.1, 0.15) is 5.56 Å². The smallest absolute Gasteiger partial charge is 0.361 e. The van der Waals surface area contributed by atoms with Gasteiger partial charge in [-0.3, -0.25) is 10.2 Å². The van der Waals surface area contributed by atoms with Gasteiger partial charge in [0.05, 0.1) is 6.21 Å². The van der Waals surface area contributed by atoms with Crippen molar-refractivity contribution in [3.05, 3.63) is 65.3 Å². The zero-order valence-corrected chi connectivity index (χ0v) is 12.2. The molecule has 0 aliphatic heterocycles. The molecule has 0 aliphatic rings. The van der Waals surface area contributed by atoms with E-state index in [-0.39, 0.29) is 0 Å². The van der Waals surface area contributed by atoms with Gasteiger partial charge in [0, 0.05) is 33.4 Å². The number of aromatic amines is 1. The Kier molecular flexibility index (Phi) is 4.07. The number of nitrogens with zero attached hydrogens (tertiary/aromatic N) is 1. The molecule has 0 fully saturated rings. The van der Waals surface area contributed by atoms with Crippen molar-refractivity contribution < 1.29 is 9.63 Å². The van der Waals surface area contributed by atoms with Gasteiger partial charge in [-0.1, -0.05) is 35.0 Å². The van der Waals surface area contributed by atoms with Gasteiger partial charge in [-0.15, -0.1) is 0 Å². The third-order valence-electron chi connectivity index (χ3n) is 3.04. The SMILES string of the molecule is O=C(Nc1ccc(Cl)cc1)ON=Cc1c[nH]c2ccccc12. The lowest BCUT2D eigenvalue weighted by atomic mass is 10.2. The third-order valence-corrected chi connectivity index (χ3v) is 3.29. The summed E-state index contributed by atoms with van der Waals surface area (Å²) in [6.45, 7) is 0. The van der Waals surface area contributed by atoms with Gasteiger partial charge >= 0.3 is 6.09 Å². The van der Waals surface area contributed by atoms with E-state index in [2.05, 4.69) is 15.5 Å². The van der Waals surface area contributed by atoms with Gasteiger partial charge in [0.1, 0.15) is 0 Å². The van der Waals surface area contributed by atoms with E-state index in [9.17, 15) is 4.79 Å². The van der Waals surface area contributed by atoms with Crippen LogP contribution in [0.4, 0.5) is 10.5 Å². The van der Waals surface area contributed by atoms with Crippen LogP contribution in [0.3, 0.4) is 0 Å². The number of carbonyl (C=O) groups excluding carboxylic acids is 1. The van der Waals surface area contributed by atoms with Crippen molar-refractivity contribution in [1.29, 1.82) is 0 Å². The molecule has 0 saturated carbocycles. The number of amides is 1. The van der Waals surface area contributed by atoms with Crippen molar-refractivity contribution in [2.45, 2.75) is 0 Å². The van der Waals surface area contributed by atoms with Crippen molar-refractivity contribution >= 4 is 40.5 Å². The monoisotopic (exact) mass is 313 g/mol. The summed E-state index contributed by atoms with van der Waals surface area (Å²) in [6, 6.07) is 14.5. The maximum atomic E-state index is 11.6. The number of aromatic nitrogens is 1. The van der Waals surface area contributed by atoms with Crippen LogP contribution in [0, 0.1) is 0 Å². The summed E-state index contributed by atoms with van der Waals surface area (Å²) in [5.74, 6) is 0. The average molecular weight is 314 g/mol. The molecule has 3 rings (SSSR count). The lowest BCUT2D eigenvalue weighted by Gasteiger charge is -2.02. The van der Waals surface area contributed by atoms with Gasteiger partial charge in [0.15, 0.2) is 0 Å². The van der Waals surface area contributed by atoms with Crippen LogP contribution in [0.5, 0.6) is 0 Å². The second-order valence-corrected chi connectivity index (χ2v) is 4.97. The average Bonchev–Trinajstić information content (AvgIpc) is 2.93. The van der Waals surface area contributed by atoms with Crippen LogP contribution in [-0.4, -0.2) is 17.3 Å². The Morgan fingerprint density at radius 1 is 1.18 bits per heavy atom. The minimum Gasteiger partial charge on any atom is -0.361 e. The summed E-state index contributed by atoms with van der Waals surface area (Å²) in [5.41, 5.74) is 2.42. The lowest BCUT2D eigenvalue weighted by Crippen LogP contribution is -2.10. The molecule has 1 amide bonds. The van der Waals surface area contributed by atoms with Crippen molar-refractivity contribution in [2.75, 3.05) is 5.32 Å². The molecular weight excluding hydrogens is 302 g/mol. The molecule has 0 atom stereocenters. The number of H-pyrrole nitrogens is 1. The van der Waals surface area contributed by atoms with Crippen molar-refractivity contribution in [1.82, 2.24) is 4.98 Å². The quantitative estimate of drug-likeness (QED) is 0.427. The topological polar surface area (TPSA) is 66.5 Å². The van der Waals surface area contributed by atoms with Gasteiger partial charge in [-0.05, 0) is 30.3 Å². The molecule has 3 aromatic rings. The normalized spacial score (nSPS) is 11.0. The molecule has 2 aromatic carbocycles. The second kappa shape index (κ2) is 6.32. The highest BCUT2D eigenvalue weighted by Crippen LogP contribution is 2.16. The zero-order chi connectivity index (χ0) is 15.4. The first-order valence-corrected chi connectivity index (χ1v) is 6.93. The number of hydrogen-bond acceptors (Lipinski definition) is 3. The highest BCUT2D eigenvalue weighted by molar-refractivity contribution is 6.30. The first kappa shape index (κ1) is 14.2. The molecule has 6 heteroatoms. The van der Waals surface area contributed by atoms with Gasteiger partial charge in [0.2, 0.25) is 0 Å². The molecule has 5 nitrogen and oxygen atoms in total. The van der Waals surface area contributed by atoms with E-state index in [4.69, 9.17) is 16.4 Å².